The number of hydrogen-bond acceptors (Lipinski definition) is 2. The van der Waals surface area contributed by atoms with Gasteiger partial charge in [0.1, 0.15) is 0 Å². The highest BCUT2D eigenvalue weighted by molar-refractivity contribution is 7.80. The predicted octanol–water partition coefficient (Wildman–Crippen LogP) is 3.83. The van der Waals surface area contributed by atoms with E-state index in [1.807, 2.05) is 42.5 Å². The van der Waals surface area contributed by atoms with Crippen molar-refractivity contribution in [3.05, 3.63) is 65.7 Å². The van der Waals surface area contributed by atoms with Gasteiger partial charge >= 0.3 is 0 Å². The zero-order valence-electron chi connectivity index (χ0n) is 12.9. The van der Waals surface area contributed by atoms with E-state index in [1.54, 1.807) is 0 Å². The summed E-state index contributed by atoms with van der Waals surface area (Å²) in [4.78, 5) is 0. The van der Waals surface area contributed by atoms with Crippen molar-refractivity contribution >= 4 is 23.0 Å². The molecule has 0 saturated heterocycles. The van der Waals surface area contributed by atoms with E-state index in [0.717, 1.165) is 11.3 Å². The number of benzene rings is 2. The van der Waals surface area contributed by atoms with E-state index in [-0.39, 0.29) is 0 Å². The van der Waals surface area contributed by atoms with Gasteiger partial charge in [-0.15, -0.1) is 0 Å². The number of thiocarbonyl (C=S) groups is 1. The predicted molar refractivity (Wildman–Crippen MR) is 96.2 cm³/mol. The van der Waals surface area contributed by atoms with Gasteiger partial charge in [-0.25, -0.2) is 0 Å². The highest BCUT2D eigenvalue weighted by Gasteiger charge is 2.07. The molecule has 0 unspecified atom stereocenters. The fraction of sp³-hybridized carbons (Fsp3) is 0.278. The van der Waals surface area contributed by atoms with Gasteiger partial charge in [0.2, 0.25) is 0 Å². The fourth-order valence-electron chi connectivity index (χ4n) is 2.11. The number of nitrogens with one attached hydrogen (secondary N) is 2. The van der Waals surface area contributed by atoms with E-state index in [9.17, 15) is 5.11 Å². The van der Waals surface area contributed by atoms with Gasteiger partial charge in [-0.1, -0.05) is 56.3 Å². The Balaban J connectivity index is 1.83. The summed E-state index contributed by atoms with van der Waals surface area (Å²) in [6, 6.07) is 17.7. The van der Waals surface area contributed by atoms with Crippen molar-refractivity contribution in [2.45, 2.75) is 25.9 Å². The van der Waals surface area contributed by atoms with E-state index < -0.39 is 6.10 Å². The van der Waals surface area contributed by atoms with Crippen LogP contribution in [0.25, 0.3) is 0 Å². The van der Waals surface area contributed by atoms with Gasteiger partial charge in [-0.3, -0.25) is 0 Å². The molecule has 22 heavy (non-hydrogen) atoms. The first-order valence-corrected chi connectivity index (χ1v) is 7.85. The molecule has 3 nitrogen and oxygen atoms in total. The van der Waals surface area contributed by atoms with Crippen LogP contribution in [0.4, 0.5) is 5.69 Å². The molecule has 0 heterocycles. The number of hydrogen-bond donors (Lipinski definition) is 3. The molecular weight excluding hydrogens is 292 g/mol. The van der Waals surface area contributed by atoms with Crippen molar-refractivity contribution in [2.24, 2.45) is 0 Å². The van der Waals surface area contributed by atoms with Crippen LogP contribution < -0.4 is 10.6 Å². The first-order valence-electron chi connectivity index (χ1n) is 7.44. The quantitative estimate of drug-likeness (QED) is 0.734. The van der Waals surface area contributed by atoms with Crippen LogP contribution in [0.5, 0.6) is 0 Å². The van der Waals surface area contributed by atoms with Crippen LogP contribution >= 0.6 is 12.2 Å². The number of aliphatic hydroxyl groups excluding tert-OH is 1. The van der Waals surface area contributed by atoms with E-state index in [1.165, 1.54) is 5.56 Å². The molecule has 4 heteroatoms. The molecular formula is C18H22N2OS. The molecule has 0 radical (unpaired) electrons. The minimum Gasteiger partial charge on any atom is -0.387 e. The van der Waals surface area contributed by atoms with Crippen LogP contribution in [-0.2, 0) is 0 Å². The van der Waals surface area contributed by atoms with Crippen molar-refractivity contribution in [3.8, 4) is 0 Å². The van der Waals surface area contributed by atoms with Crippen LogP contribution in [0, 0.1) is 0 Å². The Morgan fingerprint density at radius 2 is 1.64 bits per heavy atom. The van der Waals surface area contributed by atoms with Crippen molar-refractivity contribution in [2.75, 3.05) is 11.9 Å². The molecule has 0 aliphatic heterocycles. The monoisotopic (exact) mass is 314 g/mol. The van der Waals surface area contributed by atoms with E-state index in [0.29, 0.717) is 17.6 Å². The Morgan fingerprint density at radius 3 is 2.23 bits per heavy atom. The first kappa shape index (κ1) is 16.5. The van der Waals surface area contributed by atoms with Crippen LogP contribution in [-0.4, -0.2) is 16.8 Å². The molecule has 0 bridgehead atoms. The second-order valence-electron chi connectivity index (χ2n) is 5.54. The lowest BCUT2D eigenvalue weighted by molar-refractivity contribution is 0.181. The van der Waals surface area contributed by atoms with E-state index in [4.69, 9.17) is 12.2 Å². The average Bonchev–Trinajstić information content (AvgIpc) is 2.54. The maximum absolute atomic E-state index is 10.1. The second-order valence-corrected chi connectivity index (χ2v) is 5.95. The number of aliphatic hydroxyl groups is 1. The second kappa shape index (κ2) is 7.92. The van der Waals surface area contributed by atoms with Crippen LogP contribution in [0.3, 0.4) is 0 Å². The van der Waals surface area contributed by atoms with Crippen LogP contribution in [0.1, 0.15) is 37.0 Å². The van der Waals surface area contributed by atoms with Gasteiger partial charge in [0.15, 0.2) is 5.11 Å². The molecule has 2 aromatic carbocycles. The summed E-state index contributed by atoms with van der Waals surface area (Å²) in [5.41, 5.74) is 3.11. The van der Waals surface area contributed by atoms with Gasteiger partial charge in [0.05, 0.1) is 6.10 Å². The Bertz CT molecular complexity index is 596. The highest BCUT2D eigenvalue weighted by Crippen LogP contribution is 2.17. The summed E-state index contributed by atoms with van der Waals surface area (Å²) in [7, 11) is 0. The molecule has 3 N–H and O–H groups in total. The van der Waals surface area contributed by atoms with E-state index in [2.05, 4.69) is 36.6 Å². The van der Waals surface area contributed by atoms with Crippen molar-refractivity contribution in [3.63, 3.8) is 0 Å². The summed E-state index contributed by atoms with van der Waals surface area (Å²) in [6.07, 6.45) is -0.579. The molecule has 0 fully saturated rings. The Morgan fingerprint density at radius 1 is 1.00 bits per heavy atom. The fourth-order valence-corrected chi connectivity index (χ4v) is 2.31. The van der Waals surface area contributed by atoms with Crippen molar-refractivity contribution in [1.82, 2.24) is 5.32 Å². The molecule has 0 amide bonds. The molecule has 0 saturated carbocycles. The highest BCUT2D eigenvalue weighted by atomic mass is 32.1. The van der Waals surface area contributed by atoms with Crippen LogP contribution in [0.15, 0.2) is 54.6 Å². The largest absolute Gasteiger partial charge is 0.387 e. The Kier molecular flexibility index (Phi) is 5.92. The first-order chi connectivity index (χ1) is 10.6. The zero-order valence-corrected chi connectivity index (χ0v) is 13.7. The third-order valence-corrected chi connectivity index (χ3v) is 3.72. The average molecular weight is 314 g/mol. The standard InChI is InChI=1S/C18H22N2OS/c1-13(2)14-8-10-16(11-9-14)20-18(22)19-12-17(21)15-6-4-3-5-7-15/h3-11,13,17,21H,12H2,1-2H3,(H2,19,20,22)/t17-/m1/s1. The number of rotatable bonds is 5. The minimum absolute atomic E-state index is 0.375. The number of anilines is 1. The van der Waals surface area contributed by atoms with Gasteiger partial charge in [0, 0.05) is 12.2 Å². The third-order valence-electron chi connectivity index (χ3n) is 3.48. The molecule has 2 rings (SSSR count). The lowest BCUT2D eigenvalue weighted by atomic mass is 10.0. The Labute approximate surface area is 137 Å². The summed E-state index contributed by atoms with van der Waals surface area (Å²) < 4.78 is 0. The lowest BCUT2D eigenvalue weighted by Gasteiger charge is -2.15. The molecule has 0 spiro atoms. The molecule has 1 atom stereocenters. The minimum atomic E-state index is -0.579. The summed E-state index contributed by atoms with van der Waals surface area (Å²) in [5, 5.41) is 16.8. The molecule has 0 aliphatic carbocycles. The van der Waals surface area contributed by atoms with Gasteiger partial charge in [0.25, 0.3) is 0 Å². The molecule has 0 aliphatic rings. The molecule has 0 aromatic heterocycles. The van der Waals surface area contributed by atoms with Gasteiger partial charge < -0.3 is 15.7 Å². The van der Waals surface area contributed by atoms with Gasteiger partial charge in [-0.05, 0) is 41.4 Å². The smallest absolute Gasteiger partial charge is 0.170 e. The third kappa shape index (κ3) is 4.83. The van der Waals surface area contributed by atoms with Crippen LogP contribution in [0.2, 0.25) is 0 Å². The van der Waals surface area contributed by atoms with Gasteiger partial charge in [-0.2, -0.15) is 0 Å². The summed E-state index contributed by atoms with van der Waals surface area (Å²) in [5.74, 6) is 0.514. The normalized spacial score (nSPS) is 12.0. The van der Waals surface area contributed by atoms with E-state index >= 15 is 0 Å². The SMILES string of the molecule is CC(C)c1ccc(NC(=S)NC[C@@H](O)c2ccccc2)cc1. The topological polar surface area (TPSA) is 44.3 Å². The van der Waals surface area contributed by atoms with Crippen molar-refractivity contribution in [1.29, 1.82) is 0 Å². The molecule has 2 aromatic rings. The zero-order chi connectivity index (χ0) is 15.9. The summed E-state index contributed by atoms with van der Waals surface area (Å²) >= 11 is 5.26. The molecule has 116 valence electrons. The van der Waals surface area contributed by atoms with Crippen molar-refractivity contribution < 1.29 is 5.11 Å². The summed E-state index contributed by atoms with van der Waals surface area (Å²) in [6.45, 7) is 4.71. The Hall–Kier alpha value is -1.91. The maximum atomic E-state index is 10.1. The maximum Gasteiger partial charge on any atom is 0.170 e. The lowest BCUT2D eigenvalue weighted by Crippen LogP contribution is -2.32.